The molecule has 2 unspecified atom stereocenters. The van der Waals surface area contributed by atoms with Crippen molar-refractivity contribution in [3.63, 3.8) is 0 Å². The number of rotatable bonds is 6. The maximum absolute atomic E-state index is 12.6. The third kappa shape index (κ3) is 3.45. The van der Waals surface area contributed by atoms with Crippen LogP contribution in [0.4, 0.5) is 0 Å². The molecule has 3 amide bonds. The molecule has 8 heteroatoms. The molecule has 2 heterocycles. The van der Waals surface area contributed by atoms with E-state index in [1.54, 1.807) is 0 Å². The van der Waals surface area contributed by atoms with Crippen molar-refractivity contribution >= 4 is 23.7 Å². The first kappa shape index (κ1) is 18.1. The molecule has 26 heavy (non-hydrogen) atoms. The van der Waals surface area contributed by atoms with Crippen LogP contribution in [0.25, 0.3) is 0 Å². The van der Waals surface area contributed by atoms with Gasteiger partial charge in [-0.2, -0.15) is 0 Å². The van der Waals surface area contributed by atoms with Crippen molar-refractivity contribution in [2.45, 2.75) is 25.9 Å². The standard InChI is InChI=1S/C18H20N2O6/c1-10(18(24)25)8-19-15(21)11-4-5-13-14(7-11)17(23)20(16(13)22)9-12-3-2-6-26-12/h4-5,7,10,12H,2-3,6,8-9H2,1H3,(H,19,21)(H,24,25). The number of carboxylic acids is 1. The van der Waals surface area contributed by atoms with E-state index in [-0.39, 0.29) is 41.8 Å². The van der Waals surface area contributed by atoms with Gasteiger partial charge in [-0.15, -0.1) is 0 Å². The normalized spacial score (nSPS) is 20.2. The van der Waals surface area contributed by atoms with Crippen molar-refractivity contribution < 1.29 is 29.0 Å². The highest BCUT2D eigenvalue weighted by molar-refractivity contribution is 6.22. The highest BCUT2D eigenvalue weighted by atomic mass is 16.5. The second-order valence-corrected chi connectivity index (χ2v) is 6.57. The zero-order valence-corrected chi connectivity index (χ0v) is 14.4. The third-order valence-electron chi connectivity index (χ3n) is 4.63. The van der Waals surface area contributed by atoms with Gasteiger partial charge >= 0.3 is 5.97 Å². The van der Waals surface area contributed by atoms with Crippen molar-refractivity contribution in [3.8, 4) is 0 Å². The van der Waals surface area contributed by atoms with E-state index in [9.17, 15) is 19.2 Å². The Kier molecular flexibility index (Phi) is 5.03. The van der Waals surface area contributed by atoms with Crippen LogP contribution in [0, 0.1) is 5.92 Å². The molecule has 0 aromatic heterocycles. The Morgan fingerprint density at radius 1 is 1.31 bits per heavy atom. The molecule has 8 nitrogen and oxygen atoms in total. The summed E-state index contributed by atoms with van der Waals surface area (Å²) in [4.78, 5) is 49.2. The van der Waals surface area contributed by atoms with Gasteiger partial charge in [-0.1, -0.05) is 6.92 Å². The average molecular weight is 360 g/mol. The number of carbonyl (C=O) groups excluding carboxylic acids is 3. The third-order valence-corrected chi connectivity index (χ3v) is 4.63. The summed E-state index contributed by atoms with van der Waals surface area (Å²) in [5.41, 5.74) is 0.664. The zero-order chi connectivity index (χ0) is 18.8. The minimum Gasteiger partial charge on any atom is -0.481 e. The molecule has 0 bridgehead atoms. The van der Waals surface area contributed by atoms with Crippen LogP contribution in [0.1, 0.15) is 50.8 Å². The van der Waals surface area contributed by atoms with Gasteiger partial charge in [0, 0.05) is 18.7 Å². The number of benzene rings is 1. The number of ether oxygens (including phenoxy) is 1. The molecule has 0 radical (unpaired) electrons. The number of nitrogens with zero attached hydrogens (tertiary/aromatic N) is 1. The Labute approximate surface area is 150 Å². The summed E-state index contributed by atoms with van der Waals surface area (Å²) in [5, 5.41) is 11.4. The van der Waals surface area contributed by atoms with E-state index in [0.717, 1.165) is 17.7 Å². The highest BCUT2D eigenvalue weighted by Gasteiger charge is 2.37. The minimum atomic E-state index is -1.01. The van der Waals surface area contributed by atoms with Crippen LogP contribution < -0.4 is 5.32 Å². The molecule has 1 aromatic carbocycles. The van der Waals surface area contributed by atoms with Gasteiger partial charge < -0.3 is 15.2 Å². The van der Waals surface area contributed by atoms with Crippen LogP contribution in [0.15, 0.2) is 18.2 Å². The Morgan fingerprint density at radius 3 is 2.69 bits per heavy atom. The molecule has 1 saturated heterocycles. The first-order valence-electron chi connectivity index (χ1n) is 8.51. The lowest BCUT2D eigenvalue weighted by Gasteiger charge is -2.17. The number of aliphatic carboxylic acids is 1. The van der Waals surface area contributed by atoms with Gasteiger partial charge in [-0.3, -0.25) is 24.1 Å². The van der Waals surface area contributed by atoms with E-state index in [1.807, 2.05) is 0 Å². The summed E-state index contributed by atoms with van der Waals surface area (Å²) in [6.45, 7) is 2.30. The van der Waals surface area contributed by atoms with Gasteiger partial charge in [0.1, 0.15) is 0 Å². The Morgan fingerprint density at radius 2 is 2.04 bits per heavy atom. The fourth-order valence-corrected chi connectivity index (χ4v) is 3.02. The molecule has 0 spiro atoms. The second-order valence-electron chi connectivity index (χ2n) is 6.57. The first-order valence-corrected chi connectivity index (χ1v) is 8.51. The van der Waals surface area contributed by atoms with Crippen molar-refractivity contribution in [2.75, 3.05) is 19.7 Å². The summed E-state index contributed by atoms with van der Waals surface area (Å²) in [6.07, 6.45) is 1.58. The van der Waals surface area contributed by atoms with Gasteiger partial charge in [0.25, 0.3) is 17.7 Å². The molecule has 3 rings (SSSR count). The molecule has 138 valence electrons. The molecule has 2 atom stereocenters. The fraction of sp³-hybridized carbons (Fsp3) is 0.444. The van der Waals surface area contributed by atoms with Crippen molar-refractivity contribution in [2.24, 2.45) is 5.92 Å². The maximum atomic E-state index is 12.6. The predicted octanol–water partition coefficient (Wildman–Crippen LogP) is 0.912. The molecule has 1 aromatic rings. The average Bonchev–Trinajstić information content (AvgIpc) is 3.22. The highest BCUT2D eigenvalue weighted by Crippen LogP contribution is 2.26. The van der Waals surface area contributed by atoms with Crippen LogP contribution in [-0.2, 0) is 9.53 Å². The van der Waals surface area contributed by atoms with Gasteiger partial charge in [-0.25, -0.2) is 0 Å². The summed E-state index contributed by atoms with van der Waals surface area (Å²) >= 11 is 0. The number of hydrogen-bond acceptors (Lipinski definition) is 5. The predicted molar refractivity (Wildman–Crippen MR) is 89.9 cm³/mol. The van der Waals surface area contributed by atoms with Gasteiger partial charge in [0.15, 0.2) is 0 Å². The summed E-state index contributed by atoms with van der Waals surface area (Å²) in [6, 6.07) is 4.30. The van der Waals surface area contributed by atoms with E-state index in [0.29, 0.717) is 6.61 Å². The molecule has 2 aliphatic heterocycles. The minimum absolute atomic E-state index is 0.0245. The quantitative estimate of drug-likeness (QED) is 0.729. The van der Waals surface area contributed by atoms with Crippen molar-refractivity contribution in [1.29, 1.82) is 0 Å². The number of nitrogens with one attached hydrogen (secondary N) is 1. The van der Waals surface area contributed by atoms with E-state index in [4.69, 9.17) is 9.84 Å². The number of hydrogen-bond donors (Lipinski definition) is 2. The molecule has 2 N–H and O–H groups in total. The lowest BCUT2D eigenvalue weighted by molar-refractivity contribution is -0.140. The van der Waals surface area contributed by atoms with E-state index < -0.39 is 23.7 Å². The summed E-state index contributed by atoms with van der Waals surface area (Å²) in [5.74, 6) is -3.04. The smallest absolute Gasteiger partial charge is 0.308 e. The Hall–Kier alpha value is -2.74. The van der Waals surface area contributed by atoms with Crippen LogP contribution in [0.2, 0.25) is 0 Å². The largest absolute Gasteiger partial charge is 0.481 e. The van der Waals surface area contributed by atoms with Crippen molar-refractivity contribution in [1.82, 2.24) is 10.2 Å². The molecule has 1 fully saturated rings. The maximum Gasteiger partial charge on any atom is 0.308 e. The van der Waals surface area contributed by atoms with Crippen LogP contribution in [0.3, 0.4) is 0 Å². The van der Waals surface area contributed by atoms with Gasteiger partial charge in [0.05, 0.1) is 29.7 Å². The summed E-state index contributed by atoms with van der Waals surface area (Å²) < 4.78 is 5.49. The monoisotopic (exact) mass is 360 g/mol. The Bertz CT molecular complexity index is 769. The number of amides is 3. The van der Waals surface area contributed by atoms with Gasteiger partial charge in [0.2, 0.25) is 0 Å². The van der Waals surface area contributed by atoms with Crippen molar-refractivity contribution in [3.05, 3.63) is 34.9 Å². The van der Waals surface area contributed by atoms with Crippen LogP contribution >= 0.6 is 0 Å². The van der Waals surface area contributed by atoms with E-state index >= 15 is 0 Å². The fourth-order valence-electron chi connectivity index (χ4n) is 3.02. The molecular weight excluding hydrogens is 340 g/mol. The summed E-state index contributed by atoms with van der Waals surface area (Å²) in [7, 11) is 0. The lowest BCUT2D eigenvalue weighted by Crippen LogP contribution is -2.36. The molecule has 2 aliphatic rings. The number of imide groups is 1. The van der Waals surface area contributed by atoms with E-state index in [2.05, 4.69) is 5.32 Å². The SMILES string of the molecule is CC(CNC(=O)c1ccc2c(c1)C(=O)N(CC1CCCO1)C2=O)C(=O)O. The zero-order valence-electron chi connectivity index (χ0n) is 14.4. The van der Waals surface area contributed by atoms with Gasteiger partial charge in [-0.05, 0) is 31.0 Å². The number of carboxylic acid groups (broad SMARTS) is 1. The lowest BCUT2D eigenvalue weighted by atomic mass is 10.0. The second kappa shape index (κ2) is 7.25. The molecule has 0 saturated carbocycles. The van der Waals surface area contributed by atoms with Crippen LogP contribution in [0.5, 0.6) is 0 Å². The topological polar surface area (TPSA) is 113 Å². The Balaban J connectivity index is 1.72. The van der Waals surface area contributed by atoms with Crippen LogP contribution in [-0.4, -0.2) is 59.5 Å². The first-order chi connectivity index (χ1) is 12.4. The number of carbonyl (C=O) groups is 4. The molecule has 0 aliphatic carbocycles. The number of fused-ring (bicyclic) bond motifs is 1. The molecular formula is C18H20N2O6. The van der Waals surface area contributed by atoms with E-state index in [1.165, 1.54) is 25.1 Å².